The lowest BCUT2D eigenvalue weighted by Crippen LogP contribution is -2.37. The third-order valence-electron chi connectivity index (χ3n) is 5.02. The van der Waals surface area contributed by atoms with E-state index in [1.54, 1.807) is 7.11 Å². The first kappa shape index (κ1) is 20.4. The second-order valence-electron chi connectivity index (χ2n) is 7.41. The van der Waals surface area contributed by atoms with Gasteiger partial charge in [-0.2, -0.15) is 4.98 Å². The maximum Gasteiger partial charge on any atom is 0.229 e. The van der Waals surface area contributed by atoms with Crippen LogP contribution < -0.4 is 20.7 Å². The molecule has 1 fully saturated rings. The van der Waals surface area contributed by atoms with Crippen molar-refractivity contribution in [3.05, 3.63) is 35.5 Å². The number of aromatic nitrogens is 2. The van der Waals surface area contributed by atoms with Crippen molar-refractivity contribution >= 4 is 17.5 Å². The van der Waals surface area contributed by atoms with E-state index >= 15 is 0 Å². The van der Waals surface area contributed by atoms with Crippen molar-refractivity contribution in [2.24, 2.45) is 0 Å². The van der Waals surface area contributed by atoms with E-state index in [1.807, 2.05) is 32.2 Å². The van der Waals surface area contributed by atoms with Gasteiger partial charge in [0.05, 0.1) is 7.11 Å². The Bertz CT molecular complexity index is 775. The lowest BCUT2D eigenvalue weighted by molar-refractivity contribution is 0.297. The third kappa shape index (κ3) is 5.56. The van der Waals surface area contributed by atoms with Gasteiger partial charge in [-0.1, -0.05) is 0 Å². The SMILES string of the molecule is CNc1cc(C)nc(Nc2ccc(OC)c(CN[C@@H](C)CN3CCCC3)c2)n1. The maximum absolute atomic E-state index is 5.55. The molecule has 0 spiro atoms. The number of hydrogen-bond donors (Lipinski definition) is 3. The van der Waals surface area contributed by atoms with Crippen molar-refractivity contribution < 1.29 is 4.74 Å². The molecule has 1 aromatic carbocycles. The highest BCUT2D eigenvalue weighted by Gasteiger charge is 2.15. The van der Waals surface area contributed by atoms with Gasteiger partial charge in [-0.15, -0.1) is 0 Å². The topological polar surface area (TPSA) is 74.3 Å². The second kappa shape index (κ2) is 9.71. The zero-order valence-electron chi connectivity index (χ0n) is 17.4. The lowest BCUT2D eigenvalue weighted by Gasteiger charge is -2.22. The number of likely N-dealkylation sites (tertiary alicyclic amines) is 1. The van der Waals surface area contributed by atoms with Gasteiger partial charge in [0.1, 0.15) is 11.6 Å². The van der Waals surface area contributed by atoms with Gasteiger partial charge in [0.25, 0.3) is 0 Å². The fourth-order valence-corrected chi connectivity index (χ4v) is 3.58. The molecule has 1 saturated heterocycles. The van der Waals surface area contributed by atoms with Crippen molar-refractivity contribution in [1.29, 1.82) is 0 Å². The molecule has 152 valence electrons. The van der Waals surface area contributed by atoms with Gasteiger partial charge in [0, 0.05) is 49.2 Å². The van der Waals surface area contributed by atoms with Gasteiger partial charge >= 0.3 is 0 Å². The van der Waals surface area contributed by atoms with Crippen LogP contribution in [0.2, 0.25) is 0 Å². The van der Waals surface area contributed by atoms with Crippen molar-refractivity contribution in [3.63, 3.8) is 0 Å². The Morgan fingerprint density at radius 3 is 2.68 bits per heavy atom. The molecule has 0 amide bonds. The summed E-state index contributed by atoms with van der Waals surface area (Å²) < 4.78 is 5.55. The van der Waals surface area contributed by atoms with Gasteiger partial charge in [-0.05, 0) is 58.0 Å². The highest BCUT2D eigenvalue weighted by molar-refractivity contribution is 5.58. The molecule has 7 heteroatoms. The Balaban J connectivity index is 1.66. The summed E-state index contributed by atoms with van der Waals surface area (Å²) in [4.78, 5) is 11.5. The van der Waals surface area contributed by atoms with E-state index in [0.29, 0.717) is 12.0 Å². The molecule has 28 heavy (non-hydrogen) atoms. The quantitative estimate of drug-likeness (QED) is 0.613. The first-order valence-electron chi connectivity index (χ1n) is 10.0. The average Bonchev–Trinajstić information content (AvgIpc) is 3.19. The van der Waals surface area contributed by atoms with Crippen LogP contribution in [0.15, 0.2) is 24.3 Å². The summed E-state index contributed by atoms with van der Waals surface area (Å²) in [7, 11) is 3.56. The largest absolute Gasteiger partial charge is 0.496 e. The zero-order valence-corrected chi connectivity index (χ0v) is 17.4. The van der Waals surface area contributed by atoms with Gasteiger partial charge in [0.2, 0.25) is 5.95 Å². The number of nitrogens with zero attached hydrogens (tertiary/aromatic N) is 3. The summed E-state index contributed by atoms with van der Waals surface area (Å²) in [6.07, 6.45) is 2.65. The standard InChI is InChI=1S/C21H32N6O/c1-15-11-20(22-3)26-21(24-15)25-18-7-8-19(28-4)17(12-18)13-23-16(2)14-27-9-5-6-10-27/h7-8,11-12,16,23H,5-6,9-10,13-14H2,1-4H3,(H2,22,24,25,26)/t16-/m0/s1. The molecule has 0 unspecified atom stereocenters. The van der Waals surface area contributed by atoms with Crippen LogP contribution in [0.3, 0.4) is 0 Å². The van der Waals surface area contributed by atoms with E-state index in [4.69, 9.17) is 4.74 Å². The fourth-order valence-electron chi connectivity index (χ4n) is 3.58. The number of hydrogen-bond acceptors (Lipinski definition) is 7. The first-order valence-corrected chi connectivity index (χ1v) is 10.0. The molecule has 0 aliphatic carbocycles. The summed E-state index contributed by atoms with van der Waals surface area (Å²) in [6, 6.07) is 8.41. The molecule has 1 atom stereocenters. The molecule has 3 N–H and O–H groups in total. The molecule has 7 nitrogen and oxygen atoms in total. The Morgan fingerprint density at radius 1 is 1.18 bits per heavy atom. The van der Waals surface area contributed by atoms with Crippen molar-refractivity contribution in [2.75, 3.05) is 44.4 Å². The predicted octanol–water partition coefficient (Wildman–Crippen LogP) is 3.15. The van der Waals surface area contributed by atoms with Gasteiger partial charge in [-0.3, -0.25) is 0 Å². The van der Waals surface area contributed by atoms with Gasteiger partial charge < -0.3 is 25.6 Å². The lowest BCUT2D eigenvalue weighted by atomic mass is 10.1. The predicted molar refractivity (Wildman–Crippen MR) is 115 cm³/mol. The number of nitrogens with one attached hydrogen (secondary N) is 3. The van der Waals surface area contributed by atoms with Crippen molar-refractivity contribution in [2.45, 2.75) is 39.3 Å². The minimum atomic E-state index is 0.428. The average molecular weight is 385 g/mol. The first-order chi connectivity index (χ1) is 13.6. The molecule has 1 aliphatic rings. The van der Waals surface area contributed by atoms with Crippen LogP contribution in [-0.2, 0) is 6.54 Å². The van der Waals surface area contributed by atoms with Crippen molar-refractivity contribution in [3.8, 4) is 5.75 Å². The molecule has 2 aromatic rings. The molecule has 1 aliphatic heterocycles. The molecule has 2 heterocycles. The Kier molecular flexibility index (Phi) is 7.06. The van der Waals surface area contributed by atoms with E-state index in [1.165, 1.54) is 25.9 Å². The van der Waals surface area contributed by atoms with Crippen LogP contribution in [0, 0.1) is 6.92 Å². The molecule has 3 rings (SSSR count). The molecular weight excluding hydrogens is 352 g/mol. The minimum absolute atomic E-state index is 0.428. The van der Waals surface area contributed by atoms with E-state index in [-0.39, 0.29) is 0 Å². The van der Waals surface area contributed by atoms with E-state index < -0.39 is 0 Å². The number of aryl methyl sites for hydroxylation is 1. The number of methoxy groups -OCH3 is 1. The van der Waals surface area contributed by atoms with Crippen LogP contribution in [0.4, 0.5) is 17.5 Å². The summed E-state index contributed by atoms with van der Waals surface area (Å²) in [5.74, 6) is 2.25. The van der Waals surface area contributed by atoms with E-state index in [0.717, 1.165) is 41.6 Å². The third-order valence-corrected chi connectivity index (χ3v) is 5.02. The monoisotopic (exact) mass is 384 g/mol. The highest BCUT2D eigenvalue weighted by Crippen LogP contribution is 2.25. The van der Waals surface area contributed by atoms with Gasteiger partial charge in [-0.25, -0.2) is 4.98 Å². The number of rotatable bonds is 9. The Labute approximate surface area is 167 Å². The second-order valence-corrected chi connectivity index (χ2v) is 7.41. The molecule has 1 aromatic heterocycles. The van der Waals surface area contributed by atoms with Crippen LogP contribution in [-0.4, -0.2) is 54.7 Å². The van der Waals surface area contributed by atoms with E-state index in [2.05, 4.69) is 43.8 Å². The maximum atomic E-state index is 5.55. The van der Waals surface area contributed by atoms with Crippen LogP contribution in [0.1, 0.15) is 31.0 Å². The Hall–Kier alpha value is -2.38. The smallest absolute Gasteiger partial charge is 0.229 e. The number of ether oxygens (including phenoxy) is 1. The van der Waals surface area contributed by atoms with Crippen LogP contribution in [0.5, 0.6) is 5.75 Å². The van der Waals surface area contributed by atoms with E-state index in [9.17, 15) is 0 Å². The highest BCUT2D eigenvalue weighted by atomic mass is 16.5. The zero-order chi connectivity index (χ0) is 19.9. The molecule has 0 radical (unpaired) electrons. The van der Waals surface area contributed by atoms with Gasteiger partial charge in [0.15, 0.2) is 0 Å². The number of benzene rings is 1. The normalized spacial score (nSPS) is 15.4. The van der Waals surface area contributed by atoms with Crippen LogP contribution in [0.25, 0.3) is 0 Å². The van der Waals surface area contributed by atoms with Crippen LogP contribution >= 0.6 is 0 Å². The fraction of sp³-hybridized carbons (Fsp3) is 0.524. The minimum Gasteiger partial charge on any atom is -0.496 e. The summed E-state index contributed by atoms with van der Waals surface area (Å²) in [5, 5.41) is 9.99. The number of anilines is 3. The molecule has 0 saturated carbocycles. The Morgan fingerprint density at radius 2 is 1.96 bits per heavy atom. The van der Waals surface area contributed by atoms with Crippen molar-refractivity contribution in [1.82, 2.24) is 20.2 Å². The summed E-state index contributed by atoms with van der Waals surface area (Å²) in [6.45, 7) is 8.49. The summed E-state index contributed by atoms with van der Waals surface area (Å²) >= 11 is 0. The molecule has 0 bridgehead atoms. The molecular formula is C21H32N6O. The summed E-state index contributed by atoms with van der Waals surface area (Å²) in [5.41, 5.74) is 2.97.